The minimum Gasteiger partial charge on any atom is -0.506 e. The summed E-state index contributed by atoms with van der Waals surface area (Å²) in [5.41, 5.74) is 1.21. The Bertz CT molecular complexity index is 1130. The number of pyridine rings is 2. The van der Waals surface area contributed by atoms with Crippen molar-refractivity contribution in [1.29, 1.82) is 0 Å². The highest BCUT2D eigenvalue weighted by Gasteiger charge is 2.12. The SMILES string of the molecule is O=S(=O)(O)c1cccc2ncccc12.Oc1cccc2cccnc12. The Labute approximate surface area is 144 Å². The number of rotatable bonds is 1. The maximum Gasteiger partial charge on any atom is 0.295 e. The summed E-state index contributed by atoms with van der Waals surface area (Å²) in [6.07, 6.45) is 3.23. The molecule has 4 rings (SSSR count). The molecule has 0 bridgehead atoms. The van der Waals surface area contributed by atoms with Crippen molar-refractivity contribution in [2.75, 3.05) is 0 Å². The Morgan fingerprint density at radius 1 is 0.800 bits per heavy atom. The first-order valence-corrected chi connectivity index (χ1v) is 8.75. The first kappa shape index (κ1) is 16.8. The first-order valence-electron chi connectivity index (χ1n) is 7.31. The predicted molar refractivity (Wildman–Crippen MR) is 95.0 cm³/mol. The van der Waals surface area contributed by atoms with Gasteiger partial charge in [-0.15, -0.1) is 0 Å². The molecule has 0 unspecified atom stereocenters. The molecular weight excluding hydrogens is 340 g/mol. The lowest BCUT2D eigenvalue weighted by atomic mass is 10.2. The highest BCUT2D eigenvalue weighted by Crippen LogP contribution is 2.21. The molecule has 126 valence electrons. The van der Waals surface area contributed by atoms with Crippen LogP contribution in [0.2, 0.25) is 0 Å². The van der Waals surface area contributed by atoms with Gasteiger partial charge in [0.05, 0.1) is 5.52 Å². The number of hydrogen-bond acceptors (Lipinski definition) is 5. The van der Waals surface area contributed by atoms with E-state index < -0.39 is 10.1 Å². The Morgan fingerprint density at radius 3 is 2.24 bits per heavy atom. The number of phenols is 1. The van der Waals surface area contributed by atoms with Crippen LogP contribution in [-0.2, 0) is 10.1 Å². The van der Waals surface area contributed by atoms with Gasteiger partial charge in [0.2, 0.25) is 0 Å². The van der Waals surface area contributed by atoms with Crippen molar-refractivity contribution in [1.82, 2.24) is 9.97 Å². The lowest BCUT2D eigenvalue weighted by molar-refractivity contribution is 0.480. The Morgan fingerprint density at radius 2 is 1.48 bits per heavy atom. The number of para-hydroxylation sites is 1. The third-order valence-electron chi connectivity index (χ3n) is 3.50. The molecule has 0 aliphatic rings. The molecule has 6 nitrogen and oxygen atoms in total. The van der Waals surface area contributed by atoms with Crippen LogP contribution in [0.4, 0.5) is 0 Å². The monoisotopic (exact) mass is 354 g/mol. The molecule has 7 heteroatoms. The van der Waals surface area contributed by atoms with E-state index >= 15 is 0 Å². The first-order chi connectivity index (χ1) is 12.0. The van der Waals surface area contributed by atoms with Gasteiger partial charge in [-0.2, -0.15) is 8.42 Å². The van der Waals surface area contributed by atoms with Gasteiger partial charge in [-0.25, -0.2) is 0 Å². The summed E-state index contributed by atoms with van der Waals surface area (Å²) < 4.78 is 30.9. The van der Waals surface area contributed by atoms with E-state index in [9.17, 15) is 13.5 Å². The third kappa shape index (κ3) is 3.73. The van der Waals surface area contributed by atoms with Crippen LogP contribution in [0, 0.1) is 0 Å². The van der Waals surface area contributed by atoms with Crippen LogP contribution in [0.1, 0.15) is 0 Å². The number of aromatic hydroxyl groups is 1. The van der Waals surface area contributed by atoms with Crippen molar-refractivity contribution in [2.24, 2.45) is 0 Å². The summed E-state index contributed by atoms with van der Waals surface area (Å²) in [5.74, 6) is 0.239. The fourth-order valence-electron chi connectivity index (χ4n) is 2.39. The number of nitrogens with zero attached hydrogens (tertiary/aromatic N) is 2. The summed E-state index contributed by atoms with van der Waals surface area (Å²) in [6.45, 7) is 0. The van der Waals surface area contributed by atoms with Crippen LogP contribution < -0.4 is 0 Å². The second kappa shape index (κ2) is 6.84. The average molecular weight is 354 g/mol. The number of phenolic OH excluding ortho intramolecular Hbond substituents is 1. The van der Waals surface area contributed by atoms with Crippen molar-refractivity contribution in [2.45, 2.75) is 4.90 Å². The summed E-state index contributed by atoms with van der Waals surface area (Å²) in [5, 5.41) is 10.7. The van der Waals surface area contributed by atoms with Crippen LogP contribution in [0.3, 0.4) is 0 Å². The van der Waals surface area contributed by atoms with Crippen molar-refractivity contribution < 1.29 is 18.1 Å². The molecule has 0 aliphatic carbocycles. The van der Waals surface area contributed by atoms with E-state index in [0.717, 1.165) is 5.39 Å². The van der Waals surface area contributed by atoms with Gasteiger partial charge in [0.25, 0.3) is 10.1 Å². The van der Waals surface area contributed by atoms with E-state index in [0.29, 0.717) is 16.4 Å². The van der Waals surface area contributed by atoms with E-state index in [1.165, 1.54) is 6.07 Å². The maximum atomic E-state index is 11.0. The van der Waals surface area contributed by atoms with Crippen LogP contribution in [0.25, 0.3) is 21.8 Å². The molecule has 2 aromatic heterocycles. The zero-order valence-electron chi connectivity index (χ0n) is 12.9. The van der Waals surface area contributed by atoms with E-state index in [2.05, 4.69) is 9.97 Å². The van der Waals surface area contributed by atoms with Gasteiger partial charge in [0.1, 0.15) is 16.2 Å². The summed E-state index contributed by atoms with van der Waals surface area (Å²) >= 11 is 0. The lowest BCUT2D eigenvalue weighted by Gasteiger charge is -2.01. The smallest absolute Gasteiger partial charge is 0.295 e. The fourth-order valence-corrected chi connectivity index (χ4v) is 3.09. The molecule has 0 saturated heterocycles. The standard InChI is InChI=1S/C9H7NO3S.C9H7NO/c11-14(12,13)9-5-1-4-8-7(9)3-2-6-10-8;11-8-5-1-3-7-4-2-6-10-9(7)8/h1-6H,(H,11,12,13);1-6,11H. The fraction of sp³-hybridized carbons (Fsp3) is 0. The molecule has 0 atom stereocenters. The second-order valence-electron chi connectivity index (χ2n) is 5.15. The van der Waals surface area contributed by atoms with Gasteiger partial charge in [-0.05, 0) is 36.4 Å². The molecule has 2 aromatic carbocycles. The lowest BCUT2D eigenvalue weighted by Crippen LogP contribution is -1.98. The average Bonchev–Trinajstić information content (AvgIpc) is 2.61. The van der Waals surface area contributed by atoms with E-state index in [-0.39, 0.29) is 10.6 Å². The van der Waals surface area contributed by atoms with Crippen molar-refractivity contribution in [3.8, 4) is 5.75 Å². The number of aromatic nitrogens is 2. The van der Waals surface area contributed by atoms with E-state index in [1.54, 1.807) is 48.8 Å². The number of benzene rings is 2. The molecule has 0 fully saturated rings. The summed E-state index contributed by atoms with van der Waals surface area (Å²) in [4.78, 5) is 7.90. The highest BCUT2D eigenvalue weighted by molar-refractivity contribution is 7.86. The molecule has 2 heterocycles. The molecule has 0 aliphatic heterocycles. The van der Waals surface area contributed by atoms with E-state index in [1.807, 2.05) is 18.2 Å². The van der Waals surface area contributed by atoms with Crippen LogP contribution >= 0.6 is 0 Å². The van der Waals surface area contributed by atoms with Gasteiger partial charge >= 0.3 is 0 Å². The molecule has 0 saturated carbocycles. The van der Waals surface area contributed by atoms with Gasteiger partial charge in [-0.3, -0.25) is 14.5 Å². The normalized spacial score (nSPS) is 11.1. The van der Waals surface area contributed by atoms with Crippen LogP contribution in [0.15, 0.2) is 78.0 Å². The van der Waals surface area contributed by atoms with Gasteiger partial charge in [-0.1, -0.05) is 24.3 Å². The predicted octanol–water partition coefficient (Wildman–Crippen LogP) is 3.42. The molecule has 4 aromatic rings. The summed E-state index contributed by atoms with van der Waals surface area (Å²) in [6, 6.07) is 16.9. The molecule has 25 heavy (non-hydrogen) atoms. The zero-order chi connectivity index (χ0) is 17.9. The van der Waals surface area contributed by atoms with Crippen LogP contribution in [-0.4, -0.2) is 28.0 Å². The molecule has 0 spiro atoms. The van der Waals surface area contributed by atoms with Gasteiger partial charge in [0.15, 0.2) is 0 Å². The second-order valence-corrected chi connectivity index (χ2v) is 6.54. The summed E-state index contributed by atoms with van der Waals surface area (Å²) in [7, 11) is -4.17. The van der Waals surface area contributed by atoms with Crippen molar-refractivity contribution in [3.63, 3.8) is 0 Å². The molecule has 0 radical (unpaired) electrons. The van der Waals surface area contributed by atoms with Crippen LogP contribution in [0.5, 0.6) is 5.75 Å². The van der Waals surface area contributed by atoms with E-state index in [4.69, 9.17) is 4.55 Å². The minimum absolute atomic E-state index is 0.108. The van der Waals surface area contributed by atoms with Gasteiger partial charge in [0, 0.05) is 23.2 Å². The Balaban J connectivity index is 0.000000150. The zero-order valence-corrected chi connectivity index (χ0v) is 13.8. The largest absolute Gasteiger partial charge is 0.506 e. The minimum atomic E-state index is -4.17. The van der Waals surface area contributed by atoms with Crippen molar-refractivity contribution >= 4 is 31.9 Å². The molecular formula is C18H14N2O4S. The topological polar surface area (TPSA) is 100 Å². The Hall–Kier alpha value is -3.03. The third-order valence-corrected chi connectivity index (χ3v) is 4.41. The number of hydrogen-bond donors (Lipinski definition) is 2. The number of fused-ring (bicyclic) bond motifs is 2. The highest BCUT2D eigenvalue weighted by atomic mass is 32.2. The molecule has 2 N–H and O–H groups in total. The maximum absolute atomic E-state index is 11.0. The van der Waals surface area contributed by atoms with Crippen molar-refractivity contribution in [3.05, 3.63) is 73.1 Å². The molecule has 0 amide bonds. The van der Waals surface area contributed by atoms with Gasteiger partial charge < -0.3 is 5.11 Å². The quantitative estimate of drug-likeness (QED) is 0.508. The Kier molecular flexibility index (Phi) is 4.60.